The molecule has 0 spiro atoms. The van der Waals surface area contributed by atoms with Crippen molar-refractivity contribution in [1.82, 2.24) is 4.90 Å². The van der Waals surface area contributed by atoms with Crippen LogP contribution in [0.1, 0.15) is 50.2 Å². The molecule has 2 atom stereocenters. The van der Waals surface area contributed by atoms with Gasteiger partial charge in [0.1, 0.15) is 12.7 Å². The summed E-state index contributed by atoms with van der Waals surface area (Å²) in [6.45, 7) is 1.15. The highest BCUT2D eigenvalue weighted by molar-refractivity contribution is 5.92. The van der Waals surface area contributed by atoms with Gasteiger partial charge in [-0.1, -0.05) is 25.0 Å². The van der Waals surface area contributed by atoms with Crippen LogP contribution in [-0.4, -0.2) is 47.6 Å². The molecule has 1 aliphatic heterocycles. The molecule has 27 heavy (non-hydrogen) atoms. The van der Waals surface area contributed by atoms with Gasteiger partial charge in [-0.2, -0.15) is 0 Å². The zero-order valence-corrected chi connectivity index (χ0v) is 15.6. The van der Waals surface area contributed by atoms with Crippen molar-refractivity contribution in [3.8, 4) is 0 Å². The molecule has 146 valence electrons. The summed E-state index contributed by atoms with van der Waals surface area (Å²) in [5.41, 5.74) is 1.48. The van der Waals surface area contributed by atoms with Crippen molar-refractivity contribution in [2.75, 3.05) is 25.1 Å². The maximum Gasteiger partial charge on any atom is 0.249 e. The van der Waals surface area contributed by atoms with Crippen molar-refractivity contribution in [3.05, 3.63) is 29.8 Å². The van der Waals surface area contributed by atoms with Gasteiger partial charge >= 0.3 is 0 Å². The Morgan fingerprint density at radius 3 is 2.56 bits per heavy atom. The molecule has 3 fully saturated rings. The lowest BCUT2D eigenvalue weighted by Crippen LogP contribution is -2.52. The molecule has 1 saturated heterocycles. The molecule has 2 saturated carbocycles. The molecule has 1 aromatic carbocycles. The molecule has 1 aromatic rings. The zero-order valence-electron chi connectivity index (χ0n) is 15.6. The van der Waals surface area contributed by atoms with E-state index in [4.69, 9.17) is 4.74 Å². The highest BCUT2D eigenvalue weighted by Crippen LogP contribution is 2.33. The van der Waals surface area contributed by atoms with Crippen LogP contribution < -0.4 is 5.32 Å². The number of hydrogen-bond donors (Lipinski definition) is 2. The van der Waals surface area contributed by atoms with Crippen molar-refractivity contribution in [1.29, 1.82) is 0 Å². The predicted octanol–water partition coefficient (Wildman–Crippen LogP) is 2.49. The molecular weight excluding hydrogens is 344 g/mol. The Balaban J connectivity index is 1.40. The minimum Gasteiger partial charge on any atom is -0.386 e. The Morgan fingerprint density at radius 1 is 1.19 bits per heavy atom. The molecule has 6 nitrogen and oxygen atoms in total. The monoisotopic (exact) mass is 372 g/mol. The molecule has 0 bridgehead atoms. The second-order valence-corrected chi connectivity index (χ2v) is 8.11. The quantitative estimate of drug-likeness (QED) is 0.804. The molecule has 2 N–H and O–H groups in total. The van der Waals surface area contributed by atoms with Crippen molar-refractivity contribution in [2.24, 2.45) is 11.8 Å². The molecule has 1 heterocycles. The molecule has 3 aliphatic rings. The molecule has 4 rings (SSSR count). The highest BCUT2D eigenvalue weighted by Gasteiger charge is 2.37. The SMILES string of the molecule is O=C(Nc1ccc([C@@H](O)[C@H]2COCC(=O)N2CC2CC2)cc1)C1CCCC1. The largest absolute Gasteiger partial charge is 0.386 e. The Bertz CT molecular complexity index is 680. The summed E-state index contributed by atoms with van der Waals surface area (Å²) in [5, 5.41) is 13.8. The van der Waals surface area contributed by atoms with Crippen molar-refractivity contribution in [3.63, 3.8) is 0 Å². The fraction of sp³-hybridized carbons (Fsp3) is 0.619. The van der Waals surface area contributed by atoms with Crippen LogP contribution in [0.2, 0.25) is 0 Å². The normalized spacial score (nSPS) is 24.9. The molecule has 0 unspecified atom stereocenters. The Kier molecular flexibility index (Phi) is 5.45. The third-order valence-electron chi connectivity index (χ3n) is 6.00. The maximum atomic E-state index is 12.2. The zero-order chi connectivity index (χ0) is 18.8. The summed E-state index contributed by atoms with van der Waals surface area (Å²) in [5.74, 6) is 0.729. The second-order valence-electron chi connectivity index (χ2n) is 8.11. The molecule has 2 aliphatic carbocycles. The topological polar surface area (TPSA) is 78.9 Å². The number of ether oxygens (including phenoxy) is 1. The summed E-state index contributed by atoms with van der Waals surface area (Å²) < 4.78 is 5.39. The van der Waals surface area contributed by atoms with E-state index in [1.54, 1.807) is 4.90 Å². The van der Waals surface area contributed by atoms with Crippen molar-refractivity contribution >= 4 is 17.5 Å². The summed E-state index contributed by atoms with van der Waals surface area (Å²) in [7, 11) is 0. The van der Waals surface area contributed by atoms with E-state index in [1.165, 1.54) is 0 Å². The van der Waals surface area contributed by atoms with Crippen LogP contribution in [0.3, 0.4) is 0 Å². The van der Waals surface area contributed by atoms with Crippen LogP contribution in [0, 0.1) is 11.8 Å². The van der Waals surface area contributed by atoms with Crippen LogP contribution in [0.25, 0.3) is 0 Å². The van der Waals surface area contributed by atoms with Gasteiger partial charge in [0.15, 0.2) is 0 Å². The minimum absolute atomic E-state index is 0.0438. The van der Waals surface area contributed by atoms with E-state index in [9.17, 15) is 14.7 Å². The average molecular weight is 372 g/mol. The molecule has 0 aromatic heterocycles. The number of rotatable bonds is 6. The van der Waals surface area contributed by atoms with E-state index in [0.29, 0.717) is 19.1 Å². The van der Waals surface area contributed by atoms with Crippen LogP contribution in [-0.2, 0) is 14.3 Å². The van der Waals surface area contributed by atoms with Crippen LogP contribution in [0.4, 0.5) is 5.69 Å². The number of aliphatic hydroxyl groups is 1. The predicted molar refractivity (Wildman–Crippen MR) is 101 cm³/mol. The van der Waals surface area contributed by atoms with E-state index in [-0.39, 0.29) is 30.4 Å². The van der Waals surface area contributed by atoms with Gasteiger partial charge in [-0.25, -0.2) is 0 Å². The van der Waals surface area contributed by atoms with Crippen LogP contribution in [0.5, 0.6) is 0 Å². The van der Waals surface area contributed by atoms with E-state index < -0.39 is 6.10 Å². The number of aliphatic hydroxyl groups excluding tert-OH is 1. The third kappa shape index (κ3) is 4.33. The first-order chi connectivity index (χ1) is 13.1. The van der Waals surface area contributed by atoms with Gasteiger partial charge in [0.25, 0.3) is 0 Å². The lowest BCUT2D eigenvalue weighted by atomic mass is 9.99. The van der Waals surface area contributed by atoms with Gasteiger partial charge in [0, 0.05) is 18.2 Å². The lowest BCUT2D eigenvalue weighted by molar-refractivity contribution is -0.154. The highest BCUT2D eigenvalue weighted by atomic mass is 16.5. The lowest BCUT2D eigenvalue weighted by Gasteiger charge is -2.38. The number of carbonyl (C=O) groups excluding carboxylic acids is 2. The van der Waals surface area contributed by atoms with Gasteiger partial charge in [0.2, 0.25) is 11.8 Å². The first-order valence-corrected chi connectivity index (χ1v) is 10.1. The van der Waals surface area contributed by atoms with Crippen LogP contribution in [0.15, 0.2) is 24.3 Å². The summed E-state index contributed by atoms with van der Waals surface area (Å²) in [6.07, 6.45) is 5.70. The summed E-state index contributed by atoms with van der Waals surface area (Å²) in [4.78, 5) is 26.3. The smallest absolute Gasteiger partial charge is 0.249 e. The number of benzene rings is 1. The Morgan fingerprint density at radius 2 is 1.89 bits per heavy atom. The fourth-order valence-electron chi connectivity index (χ4n) is 4.12. The van der Waals surface area contributed by atoms with E-state index in [2.05, 4.69) is 5.32 Å². The second kappa shape index (κ2) is 7.98. The van der Waals surface area contributed by atoms with E-state index >= 15 is 0 Å². The molecular formula is C21H28N2O4. The summed E-state index contributed by atoms with van der Waals surface area (Å²) in [6, 6.07) is 6.93. The number of nitrogens with one attached hydrogen (secondary N) is 1. The first kappa shape index (κ1) is 18.4. The number of amides is 2. The number of morpholine rings is 1. The third-order valence-corrected chi connectivity index (χ3v) is 6.00. The standard InChI is InChI=1S/C21H28N2O4/c24-19-13-27-12-18(23(19)11-14-5-6-14)20(25)15-7-9-17(10-8-15)22-21(26)16-3-1-2-4-16/h7-10,14,16,18,20,25H,1-6,11-13H2,(H,22,26)/t18-,20-/m1/s1. The van der Waals surface area contributed by atoms with E-state index in [0.717, 1.165) is 49.8 Å². The molecule has 2 amide bonds. The maximum absolute atomic E-state index is 12.2. The Labute approximate surface area is 159 Å². The van der Waals surface area contributed by atoms with Gasteiger partial charge in [-0.3, -0.25) is 9.59 Å². The number of anilines is 1. The van der Waals surface area contributed by atoms with Gasteiger partial charge in [0.05, 0.1) is 12.6 Å². The van der Waals surface area contributed by atoms with Gasteiger partial charge in [-0.05, 0) is 49.3 Å². The average Bonchev–Trinajstić information content (AvgIpc) is 3.32. The van der Waals surface area contributed by atoms with Crippen molar-refractivity contribution < 1.29 is 19.4 Å². The molecule has 0 radical (unpaired) electrons. The minimum atomic E-state index is -0.799. The van der Waals surface area contributed by atoms with Gasteiger partial charge in [-0.15, -0.1) is 0 Å². The number of hydrogen-bond acceptors (Lipinski definition) is 4. The van der Waals surface area contributed by atoms with Gasteiger partial charge < -0.3 is 20.1 Å². The summed E-state index contributed by atoms with van der Waals surface area (Å²) >= 11 is 0. The van der Waals surface area contributed by atoms with E-state index in [1.807, 2.05) is 24.3 Å². The number of nitrogens with zero attached hydrogens (tertiary/aromatic N) is 1. The number of carbonyl (C=O) groups is 2. The Hall–Kier alpha value is -1.92. The fourth-order valence-corrected chi connectivity index (χ4v) is 4.12. The van der Waals surface area contributed by atoms with Crippen LogP contribution >= 0.6 is 0 Å². The molecule has 6 heteroatoms. The first-order valence-electron chi connectivity index (χ1n) is 10.1. The van der Waals surface area contributed by atoms with Crippen molar-refractivity contribution in [2.45, 2.75) is 50.7 Å².